The molecule has 1 aromatic carbocycles. The maximum atomic E-state index is 12.1. The Kier molecular flexibility index (Phi) is 3.76. The topological polar surface area (TPSA) is 73.1 Å². The molecular formula is C13H13IN2O2. The van der Waals surface area contributed by atoms with Gasteiger partial charge in [-0.2, -0.15) is 5.26 Å². The van der Waals surface area contributed by atoms with E-state index in [-0.39, 0.29) is 11.7 Å². The highest BCUT2D eigenvalue weighted by atomic mass is 127. The Morgan fingerprint density at radius 2 is 2.11 bits per heavy atom. The number of phenols is 1. The van der Waals surface area contributed by atoms with Gasteiger partial charge in [-0.3, -0.25) is 4.79 Å². The number of rotatable bonds is 2. The van der Waals surface area contributed by atoms with Crippen molar-refractivity contribution in [1.82, 2.24) is 5.32 Å². The highest BCUT2D eigenvalue weighted by Gasteiger charge is 2.35. The predicted molar refractivity (Wildman–Crippen MR) is 75.1 cm³/mol. The third-order valence-electron chi connectivity index (χ3n) is 3.23. The van der Waals surface area contributed by atoms with Crippen LogP contribution in [0.3, 0.4) is 0 Å². The molecule has 1 aliphatic rings. The first-order chi connectivity index (χ1) is 8.56. The molecule has 0 spiro atoms. The van der Waals surface area contributed by atoms with Crippen LogP contribution >= 0.6 is 22.6 Å². The van der Waals surface area contributed by atoms with Gasteiger partial charge in [-0.05, 0) is 66.5 Å². The average Bonchev–Trinajstić information content (AvgIpc) is 2.82. The molecule has 94 valence electrons. The van der Waals surface area contributed by atoms with Crippen molar-refractivity contribution >= 4 is 28.5 Å². The normalized spacial score (nSPS) is 17.1. The van der Waals surface area contributed by atoms with Gasteiger partial charge in [0.15, 0.2) is 0 Å². The summed E-state index contributed by atoms with van der Waals surface area (Å²) in [7, 11) is 0. The van der Waals surface area contributed by atoms with Crippen molar-refractivity contribution < 1.29 is 9.90 Å². The Hall–Kier alpha value is -1.29. The largest absolute Gasteiger partial charge is 0.507 e. The third kappa shape index (κ3) is 2.58. The van der Waals surface area contributed by atoms with E-state index in [9.17, 15) is 15.2 Å². The Morgan fingerprint density at radius 3 is 2.67 bits per heavy atom. The van der Waals surface area contributed by atoms with E-state index in [0.29, 0.717) is 22.0 Å². The third-order valence-corrected chi connectivity index (χ3v) is 4.14. The van der Waals surface area contributed by atoms with Crippen LogP contribution in [0.25, 0.3) is 0 Å². The molecule has 2 rings (SSSR count). The summed E-state index contributed by atoms with van der Waals surface area (Å²) in [6.45, 7) is 0. The van der Waals surface area contributed by atoms with E-state index in [1.54, 1.807) is 12.1 Å². The van der Waals surface area contributed by atoms with E-state index in [2.05, 4.69) is 11.4 Å². The minimum Gasteiger partial charge on any atom is -0.507 e. The summed E-state index contributed by atoms with van der Waals surface area (Å²) in [5.74, 6) is -0.217. The molecule has 1 saturated carbocycles. The van der Waals surface area contributed by atoms with Gasteiger partial charge in [0.1, 0.15) is 11.3 Å². The second-order valence-electron chi connectivity index (χ2n) is 4.52. The number of benzene rings is 1. The summed E-state index contributed by atoms with van der Waals surface area (Å²) in [4.78, 5) is 12.1. The van der Waals surface area contributed by atoms with Crippen LogP contribution in [-0.4, -0.2) is 16.6 Å². The lowest BCUT2D eigenvalue weighted by Crippen LogP contribution is -2.45. The minimum absolute atomic E-state index is 0.0840. The summed E-state index contributed by atoms with van der Waals surface area (Å²) in [5, 5.41) is 21.6. The molecule has 1 fully saturated rings. The van der Waals surface area contributed by atoms with Crippen LogP contribution in [0.2, 0.25) is 0 Å². The molecule has 0 atom stereocenters. The maximum absolute atomic E-state index is 12.1. The van der Waals surface area contributed by atoms with Crippen LogP contribution in [0.5, 0.6) is 5.75 Å². The Bertz CT molecular complexity index is 516. The molecule has 0 aliphatic heterocycles. The van der Waals surface area contributed by atoms with Crippen LogP contribution in [0.15, 0.2) is 18.2 Å². The number of nitrogens with one attached hydrogen (secondary N) is 1. The second kappa shape index (κ2) is 5.14. The lowest BCUT2D eigenvalue weighted by molar-refractivity contribution is 0.0920. The number of amides is 1. The second-order valence-corrected chi connectivity index (χ2v) is 5.68. The molecule has 18 heavy (non-hydrogen) atoms. The van der Waals surface area contributed by atoms with E-state index in [1.165, 1.54) is 6.07 Å². The summed E-state index contributed by atoms with van der Waals surface area (Å²) >= 11 is 1.99. The van der Waals surface area contributed by atoms with Gasteiger partial charge in [0.2, 0.25) is 0 Å². The van der Waals surface area contributed by atoms with Crippen molar-refractivity contribution in [3.8, 4) is 11.8 Å². The zero-order valence-corrected chi connectivity index (χ0v) is 11.9. The number of carbonyl (C=O) groups excluding carboxylic acids is 1. The van der Waals surface area contributed by atoms with E-state index in [0.717, 1.165) is 12.8 Å². The molecule has 4 nitrogen and oxygen atoms in total. The van der Waals surface area contributed by atoms with E-state index in [1.807, 2.05) is 22.6 Å². The predicted octanol–water partition coefficient (Wildman–Crippen LogP) is 2.56. The molecular weight excluding hydrogens is 343 g/mol. The van der Waals surface area contributed by atoms with Crippen molar-refractivity contribution in [3.63, 3.8) is 0 Å². The highest BCUT2D eigenvalue weighted by Crippen LogP contribution is 2.29. The number of nitriles is 1. The van der Waals surface area contributed by atoms with Crippen molar-refractivity contribution in [2.24, 2.45) is 0 Å². The van der Waals surface area contributed by atoms with Gasteiger partial charge in [0, 0.05) is 5.56 Å². The van der Waals surface area contributed by atoms with Crippen molar-refractivity contribution in [2.45, 2.75) is 31.2 Å². The zero-order chi connectivity index (χ0) is 13.2. The van der Waals surface area contributed by atoms with Gasteiger partial charge >= 0.3 is 0 Å². The van der Waals surface area contributed by atoms with Crippen LogP contribution in [-0.2, 0) is 0 Å². The summed E-state index contributed by atoms with van der Waals surface area (Å²) in [6, 6.07) is 6.96. The molecule has 0 unspecified atom stereocenters. The number of carbonyl (C=O) groups is 1. The first-order valence-electron chi connectivity index (χ1n) is 5.79. The molecule has 0 aromatic heterocycles. The fourth-order valence-electron chi connectivity index (χ4n) is 2.19. The van der Waals surface area contributed by atoms with Crippen molar-refractivity contribution in [2.75, 3.05) is 0 Å². The molecule has 5 heteroatoms. The van der Waals surface area contributed by atoms with Gasteiger partial charge in [-0.25, -0.2) is 0 Å². The molecule has 1 aliphatic carbocycles. The highest BCUT2D eigenvalue weighted by molar-refractivity contribution is 14.1. The van der Waals surface area contributed by atoms with E-state index < -0.39 is 5.54 Å². The monoisotopic (exact) mass is 356 g/mol. The number of aromatic hydroxyl groups is 1. The van der Waals surface area contributed by atoms with Crippen LogP contribution in [0.4, 0.5) is 0 Å². The first kappa shape index (κ1) is 13.1. The van der Waals surface area contributed by atoms with Crippen LogP contribution in [0, 0.1) is 14.9 Å². The fourth-order valence-corrected chi connectivity index (χ4v) is 2.52. The molecule has 1 amide bonds. The Labute approximate surface area is 119 Å². The van der Waals surface area contributed by atoms with Gasteiger partial charge < -0.3 is 10.4 Å². The molecule has 1 aromatic rings. The SMILES string of the molecule is N#CC1(NC(=O)c2ccc(I)c(O)c2)CCCC1. The lowest BCUT2D eigenvalue weighted by atomic mass is 9.99. The smallest absolute Gasteiger partial charge is 0.252 e. The number of halogens is 1. The summed E-state index contributed by atoms with van der Waals surface area (Å²) in [5.41, 5.74) is -0.343. The summed E-state index contributed by atoms with van der Waals surface area (Å²) < 4.78 is 0.694. The van der Waals surface area contributed by atoms with E-state index >= 15 is 0 Å². The maximum Gasteiger partial charge on any atom is 0.252 e. The Balaban J connectivity index is 2.17. The van der Waals surface area contributed by atoms with Crippen molar-refractivity contribution in [3.05, 3.63) is 27.3 Å². The van der Waals surface area contributed by atoms with Crippen LogP contribution < -0.4 is 5.32 Å². The lowest BCUT2D eigenvalue weighted by Gasteiger charge is -2.22. The van der Waals surface area contributed by atoms with Gasteiger partial charge in [-0.1, -0.05) is 0 Å². The number of hydrogen-bond acceptors (Lipinski definition) is 3. The van der Waals surface area contributed by atoms with Gasteiger partial charge in [0.25, 0.3) is 5.91 Å². The molecule has 0 saturated heterocycles. The molecule has 0 bridgehead atoms. The quantitative estimate of drug-likeness (QED) is 0.800. The number of hydrogen-bond donors (Lipinski definition) is 2. The molecule has 0 heterocycles. The van der Waals surface area contributed by atoms with E-state index in [4.69, 9.17) is 0 Å². The van der Waals surface area contributed by atoms with Gasteiger partial charge in [-0.15, -0.1) is 0 Å². The van der Waals surface area contributed by atoms with Gasteiger partial charge in [0.05, 0.1) is 9.64 Å². The van der Waals surface area contributed by atoms with Crippen LogP contribution in [0.1, 0.15) is 36.0 Å². The number of phenolic OH excluding ortho intramolecular Hbond substituents is 1. The number of nitrogens with zero attached hydrogens (tertiary/aromatic N) is 1. The molecule has 2 N–H and O–H groups in total. The standard InChI is InChI=1S/C13H13IN2O2/c14-10-4-3-9(7-11(10)17)12(18)16-13(8-15)5-1-2-6-13/h3-4,7,17H,1-2,5-6H2,(H,16,18). The molecule has 0 radical (unpaired) electrons. The Morgan fingerprint density at radius 1 is 1.44 bits per heavy atom. The van der Waals surface area contributed by atoms with Crippen molar-refractivity contribution in [1.29, 1.82) is 5.26 Å². The average molecular weight is 356 g/mol. The summed E-state index contributed by atoms with van der Waals surface area (Å²) in [6.07, 6.45) is 3.33. The fraction of sp³-hybridized carbons (Fsp3) is 0.385. The minimum atomic E-state index is -0.726. The first-order valence-corrected chi connectivity index (χ1v) is 6.86. The zero-order valence-electron chi connectivity index (χ0n) is 9.74.